The van der Waals surface area contributed by atoms with E-state index in [1.54, 1.807) is 6.92 Å². The van der Waals surface area contributed by atoms with Crippen LogP contribution in [0.1, 0.15) is 20.3 Å². The van der Waals surface area contributed by atoms with Crippen molar-refractivity contribution in [2.45, 2.75) is 106 Å². The highest BCUT2D eigenvalue weighted by molar-refractivity contribution is 5.19. The van der Waals surface area contributed by atoms with E-state index in [0.29, 0.717) is 0 Å². The highest BCUT2D eigenvalue weighted by atomic mass is 16.7. The van der Waals surface area contributed by atoms with Gasteiger partial charge in [-0.15, -0.1) is 0 Å². The average Bonchev–Trinajstić information content (AvgIpc) is 3.02. The minimum absolute atomic E-state index is 0.0164. The van der Waals surface area contributed by atoms with Crippen LogP contribution in [0.2, 0.25) is 0 Å². The van der Waals surface area contributed by atoms with Gasteiger partial charge in [-0.1, -0.05) is 0 Å². The third-order valence-electron chi connectivity index (χ3n) is 6.28. The van der Waals surface area contributed by atoms with E-state index in [9.17, 15) is 30.6 Å². The second-order valence-corrected chi connectivity index (χ2v) is 9.01. The first kappa shape index (κ1) is 26.5. The largest absolute Gasteiger partial charge is 0.508 e. The minimum Gasteiger partial charge on any atom is -0.508 e. The number of aliphatic hydroxyl groups excluding tert-OH is 6. The highest BCUT2D eigenvalue weighted by Crippen LogP contribution is 2.33. The lowest BCUT2D eigenvalue weighted by atomic mass is 9.91. The summed E-state index contributed by atoms with van der Waals surface area (Å²) in [5, 5.41) is 61.5. The average molecular weight is 481 g/mol. The third-order valence-corrected chi connectivity index (χ3v) is 6.28. The molecule has 2 aliphatic heterocycles. The van der Waals surface area contributed by atoms with Gasteiger partial charge < -0.3 is 72.5 Å². The third kappa shape index (κ3) is 5.12. The Morgan fingerprint density at radius 3 is 2.03 bits per heavy atom. The van der Waals surface area contributed by atoms with E-state index >= 15 is 0 Å². The van der Waals surface area contributed by atoms with Crippen molar-refractivity contribution in [3.8, 4) is 0 Å². The number of nitrogens with two attached hydrogens (primary N) is 4. The minimum atomic E-state index is -1.49. The van der Waals surface area contributed by atoms with Crippen molar-refractivity contribution in [1.82, 2.24) is 0 Å². The first-order valence-corrected chi connectivity index (χ1v) is 10.8. The first-order chi connectivity index (χ1) is 15.3. The van der Waals surface area contributed by atoms with Crippen LogP contribution in [-0.4, -0.2) is 116 Å². The summed E-state index contributed by atoms with van der Waals surface area (Å²) in [6, 6.07) is -2.70. The van der Waals surface area contributed by atoms with Crippen LogP contribution in [-0.2, 0) is 18.9 Å². The molecule has 0 spiro atoms. The van der Waals surface area contributed by atoms with Crippen LogP contribution >= 0.6 is 0 Å². The van der Waals surface area contributed by atoms with Crippen molar-refractivity contribution in [2.75, 3.05) is 0 Å². The Labute approximate surface area is 190 Å². The number of rotatable bonds is 6. The number of hydrogen-bond donors (Lipinski definition) is 10. The van der Waals surface area contributed by atoms with Gasteiger partial charge in [-0.3, -0.25) is 0 Å². The highest BCUT2D eigenvalue weighted by Gasteiger charge is 2.51. The zero-order valence-electron chi connectivity index (χ0n) is 18.4. The van der Waals surface area contributed by atoms with Crippen LogP contribution < -0.4 is 22.9 Å². The lowest BCUT2D eigenvalue weighted by molar-refractivity contribution is -0.304. The molecule has 1 aliphatic carbocycles. The molecule has 192 valence electrons. The fourth-order valence-electron chi connectivity index (χ4n) is 4.30. The van der Waals surface area contributed by atoms with Gasteiger partial charge in [0.25, 0.3) is 0 Å². The lowest BCUT2D eigenvalue weighted by Crippen LogP contribution is -2.66. The van der Waals surface area contributed by atoms with E-state index in [1.165, 1.54) is 6.92 Å². The Balaban J connectivity index is 1.82. The molecule has 0 aromatic carbocycles. The number of aliphatic hydroxyl groups is 6. The molecule has 14 nitrogen and oxygen atoms in total. The van der Waals surface area contributed by atoms with E-state index < -0.39 is 91.4 Å². The summed E-state index contributed by atoms with van der Waals surface area (Å²) in [4.78, 5) is 0. The molecule has 0 amide bonds. The van der Waals surface area contributed by atoms with Crippen molar-refractivity contribution in [1.29, 1.82) is 0 Å². The van der Waals surface area contributed by atoms with Crippen LogP contribution in [0.15, 0.2) is 11.5 Å². The van der Waals surface area contributed by atoms with E-state index in [-0.39, 0.29) is 12.1 Å². The summed E-state index contributed by atoms with van der Waals surface area (Å²) < 4.78 is 22.7. The van der Waals surface area contributed by atoms with Crippen molar-refractivity contribution in [3.63, 3.8) is 0 Å². The molecule has 0 saturated carbocycles. The Hall–Kier alpha value is -1.14. The molecule has 33 heavy (non-hydrogen) atoms. The van der Waals surface area contributed by atoms with E-state index in [0.717, 1.165) is 0 Å². The van der Waals surface area contributed by atoms with Gasteiger partial charge in [0.2, 0.25) is 0 Å². The summed E-state index contributed by atoms with van der Waals surface area (Å²) in [5.41, 5.74) is 23.8. The van der Waals surface area contributed by atoms with Crippen molar-refractivity contribution in [3.05, 3.63) is 11.5 Å². The van der Waals surface area contributed by atoms with Gasteiger partial charge in [0, 0.05) is 18.5 Å². The molecule has 14 N–H and O–H groups in total. The molecule has 3 aliphatic rings. The van der Waals surface area contributed by atoms with Crippen LogP contribution in [0.4, 0.5) is 0 Å². The van der Waals surface area contributed by atoms with E-state index in [2.05, 4.69) is 0 Å². The van der Waals surface area contributed by atoms with Gasteiger partial charge >= 0.3 is 0 Å². The second kappa shape index (κ2) is 10.2. The normalized spacial score (nSPS) is 48.7. The Morgan fingerprint density at radius 2 is 1.48 bits per heavy atom. The number of ether oxygens (including phenoxy) is 4. The summed E-state index contributed by atoms with van der Waals surface area (Å²) >= 11 is 0. The maximum absolute atomic E-state index is 10.6. The fraction of sp³-hybridized carbons (Fsp3) is 0.895. The summed E-state index contributed by atoms with van der Waals surface area (Å²) in [6.45, 7) is 2.95. The van der Waals surface area contributed by atoms with Gasteiger partial charge in [0.1, 0.15) is 54.6 Å². The molecular weight excluding hydrogens is 444 g/mol. The number of hydrogen-bond acceptors (Lipinski definition) is 14. The van der Waals surface area contributed by atoms with Gasteiger partial charge in [-0.2, -0.15) is 0 Å². The van der Waals surface area contributed by atoms with E-state index in [4.69, 9.17) is 41.9 Å². The molecular formula is C19H36N4O10. The summed E-state index contributed by atoms with van der Waals surface area (Å²) in [5.74, 6) is -0.423. The predicted octanol–water partition coefficient (Wildman–Crippen LogP) is -4.84. The van der Waals surface area contributed by atoms with E-state index in [1.807, 2.05) is 0 Å². The Morgan fingerprint density at radius 1 is 0.909 bits per heavy atom. The molecule has 0 aromatic rings. The van der Waals surface area contributed by atoms with Gasteiger partial charge in [-0.25, -0.2) is 0 Å². The quantitative estimate of drug-likeness (QED) is 0.171. The van der Waals surface area contributed by atoms with Crippen LogP contribution in [0.25, 0.3) is 0 Å². The Bertz CT molecular complexity index is 712. The van der Waals surface area contributed by atoms with Crippen molar-refractivity contribution in [2.24, 2.45) is 22.9 Å². The molecule has 3 rings (SSSR count). The Kier molecular flexibility index (Phi) is 8.20. The zero-order chi connectivity index (χ0) is 24.8. The van der Waals surface area contributed by atoms with Gasteiger partial charge in [0.15, 0.2) is 12.6 Å². The SMILES string of the molecule is C[C@@H](O)C1O[C@H](O[C@@H]2C(N)CC(N)=C(O)C2O[C@@H]2O[C@H]([C@@H](C)N)C(O)C2O)[C@H](N)C(O)[C@@H]1O. The molecule has 14 atom stereocenters. The van der Waals surface area contributed by atoms with Gasteiger partial charge in [-0.05, 0) is 13.8 Å². The monoisotopic (exact) mass is 480 g/mol. The van der Waals surface area contributed by atoms with Crippen molar-refractivity contribution >= 4 is 0 Å². The lowest BCUT2D eigenvalue weighted by Gasteiger charge is -2.45. The summed E-state index contributed by atoms with van der Waals surface area (Å²) in [7, 11) is 0. The standard InChI is InChI=1S/C19H36N4O10/c1-4(20)14-12(28)13(29)19(30-14)33-17-9(25)6(21)3-7(22)16(17)32-18-8(23)10(26)11(27)15(31-18)5(2)24/h4-5,7-8,10-19,24-29H,3,20-23H2,1-2H3/t4-,5-,7?,8-,10?,11+,12?,13?,14-,15?,16-,17?,18-,19+/m1/s1. The van der Waals surface area contributed by atoms with Crippen molar-refractivity contribution < 1.29 is 49.6 Å². The summed E-state index contributed by atoms with van der Waals surface area (Å²) in [6.07, 6.45) is -14.3. The van der Waals surface area contributed by atoms with Gasteiger partial charge in [0.05, 0.1) is 17.8 Å². The molecule has 0 aromatic heterocycles. The maximum atomic E-state index is 10.6. The molecule has 2 fully saturated rings. The molecule has 14 heteroatoms. The maximum Gasteiger partial charge on any atom is 0.187 e. The first-order valence-electron chi connectivity index (χ1n) is 10.8. The zero-order valence-corrected chi connectivity index (χ0v) is 18.4. The predicted molar refractivity (Wildman–Crippen MR) is 111 cm³/mol. The van der Waals surface area contributed by atoms with Crippen LogP contribution in [0, 0.1) is 0 Å². The molecule has 2 heterocycles. The topological polar surface area (TPSA) is 262 Å². The second-order valence-electron chi connectivity index (χ2n) is 9.01. The fourth-order valence-corrected chi connectivity index (χ4v) is 4.30. The van der Waals surface area contributed by atoms with Crippen LogP contribution in [0.3, 0.4) is 0 Å². The molecule has 0 radical (unpaired) electrons. The molecule has 0 bridgehead atoms. The van der Waals surface area contributed by atoms with Crippen LogP contribution in [0.5, 0.6) is 0 Å². The molecule has 6 unspecified atom stereocenters. The smallest absolute Gasteiger partial charge is 0.187 e. The molecule has 2 saturated heterocycles.